The molecule has 1 atom stereocenters. The Bertz CT molecular complexity index is 730. The monoisotopic (exact) mass is 544 g/mol. The van der Waals surface area contributed by atoms with Gasteiger partial charge in [0.25, 0.3) is 5.91 Å². The molecule has 208 valence electrons. The molecule has 0 spiro atoms. The molecule has 0 bridgehead atoms. The van der Waals surface area contributed by atoms with Gasteiger partial charge < -0.3 is 29.6 Å². The van der Waals surface area contributed by atoms with E-state index in [0.29, 0.717) is 56.8 Å². The minimum atomic E-state index is -0.584. The van der Waals surface area contributed by atoms with Gasteiger partial charge in [0.15, 0.2) is 4.93 Å². The maximum absolute atomic E-state index is 12.4. The number of carbonyl (C=O) groups is 1. The lowest BCUT2D eigenvalue weighted by Crippen LogP contribution is -2.34. The minimum Gasteiger partial charge on any atom is -0.490 e. The Balaban J connectivity index is 2.54. The number of carbonyl (C=O) groups excluding carboxylic acids is 1. The number of hydrogen-bond acceptors (Lipinski definition) is 8. The summed E-state index contributed by atoms with van der Waals surface area (Å²) >= 11 is 0. The van der Waals surface area contributed by atoms with Crippen molar-refractivity contribution in [3.8, 4) is 5.75 Å². The fourth-order valence-electron chi connectivity index (χ4n) is 2.75. The van der Waals surface area contributed by atoms with Crippen molar-refractivity contribution >= 4 is 27.5 Å². The fourth-order valence-corrected chi connectivity index (χ4v) is 4.98. The lowest BCUT2D eigenvalue weighted by atomic mass is 10.1. The summed E-state index contributed by atoms with van der Waals surface area (Å²) in [6.45, 7) is 20.4. The SMILES string of the molecule is CCNCCNC(=O)c1cccc(OCC(C)(OCCOCCOCCC(C)C)SSC(C)(C)C)c1. The van der Waals surface area contributed by atoms with Crippen LogP contribution < -0.4 is 15.4 Å². The molecule has 0 aliphatic rings. The molecule has 1 unspecified atom stereocenters. The quantitative estimate of drug-likeness (QED) is 0.128. The first-order valence-electron chi connectivity index (χ1n) is 12.9. The molecule has 0 saturated heterocycles. The highest BCUT2D eigenvalue weighted by atomic mass is 33.1. The Morgan fingerprint density at radius 2 is 1.67 bits per heavy atom. The summed E-state index contributed by atoms with van der Waals surface area (Å²) < 4.78 is 23.7. The van der Waals surface area contributed by atoms with Gasteiger partial charge in [0.1, 0.15) is 12.4 Å². The number of ether oxygens (including phenoxy) is 4. The molecule has 0 aromatic heterocycles. The minimum absolute atomic E-state index is 0.0732. The largest absolute Gasteiger partial charge is 0.490 e. The first-order chi connectivity index (χ1) is 17.0. The van der Waals surface area contributed by atoms with Crippen molar-refractivity contribution in [3.05, 3.63) is 29.8 Å². The van der Waals surface area contributed by atoms with E-state index < -0.39 is 4.93 Å². The first kappa shape index (κ1) is 33.1. The van der Waals surface area contributed by atoms with Gasteiger partial charge in [-0.1, -0.05) is 69.2 Å². The second-order valence-electron chi connectivity index (χ2n) is 10.1. The van der Waals surface area contributed by atoms with Crippen LogP contribution in [0.3, 0.4) is 0 Å². The number of likely N-dealkylation sites (N-methyl/N-ethyl adjacent to an activating group) is 1. The third-order valence-electron chi connectivity index (χ3n) is 4.75. The fraction of sp³-hybridized carbons (Fsp3) is 0.741. The highest BCUT2D eigenvalue weighted by molar-refractivity contribution is 8.77. The van der Waals surface area contributed by atoms with Crippen LogP contribution in [0.2, 0.25) is 0 Å². The van der Waals surface area contributed by atoms with Crippen LogP contribution >= 0.6 is 21.6 Å². The predicted molar refractivity (Wildman–Crippen MR) is 153 cm³/mol. The summed E-state index contributed by atoms with van der Waals surface area (Å²) in [6.07, 6.45) is 1.06. The lowest BCUT2D eigenvalue weighted by Gasteiger charge is -2.31. The zero-order valence-corrected chi connectivity index (χ0v) is 24.9. The second-order valence-corrected chi connectivity index (χ2v) is 13.5. The van der Waals surface area contributed by atoms with Crippen molar-refractivity contribution in [2.75, 3.05) is 59.3 Å². The van der Waals surface area contributed by atoms with E-state index in [-0.39, 0.29) is 10.7 Å². The zero-order valence-electron chi connectivity index (χ0n) is 23.3. The van der Waals surface area contributed by atoms with E-state index in [2.05, 4.69) is 45.3 Å². The van der Waals surface area contributed by atoms with Crippen molar-refractivity contribution in [1.29, 1.82) is 0 Å². The first-order valence-corrected chi connectivity index (χ1v) is 15.1. The van der Waals surface area contributed by atoms with Crippen molar-refractivity contribution in [1.82, 2.24) is 10.6 Å². The van der Waals surface area contributed by atoms with Gasteiger partial charge in [-0.15, -0.1) is 0 Å². The van der Waals surface area contributed by atoms with Crippen LogP contribution in [0.15, 0.2) is 24.3 Å². The molecule has 36 heavy (non-hydrogen) atoms. The Morgan fingerprint density at radius 3 is 2.33 bits per heavy atom. The normalized spacial score (nSPS) is 13.6. The third kappa shape index (κ3) is 16.7. The predicted octanol–water partition coefficient (Wildman–Crippen LogP) is 5.40. The standard InChI is InChI=1S/C27H48N2O5S2/c1-8-28-13-14-29-25(30)23-10-9-11-24(20-23)33-21-27(7,36-35-26(4,5)6)34-19-18-32-17-16-31-15-12-22(2)3/h9-11,20,22,28H,8,12-19,21H2,1-7H3,(H,29,30). The zero-order chi connectivity index (χ0) is 26.9. The Labute approximate surface area is 226 Å². The van der Waals surface area contributed by atoms with Crippen LogP contribution in [0, 0.1) is 5.92 Å². The van der Waals surface area contributed by atoms with Crippen LogP contribution in [0.1, 0.15) is 65.2 Å². The molecule has 0 aliphatic heterocycles. The maximum atomic E-state index is 12.4. The molecule has 7 nitrogen and oxygen atoms in total. The molecule has 2 N–H and O–H groups in total. The van der Waals surface area contributed by atoms with Crippen molar-refractivity contribution in [2.45, 2.75) is 64.6 Å². The summed E-state index contributed by atoms with van der Waals surface area (Å²) in [5.41, 5.74) is 0.576. The van der Waals surface area contributed by atoms with E-state index in [1.807, 2.05) is 26.0 Å². The molecule has 1 aromatic rings. The summed E-state index contributed by atoms with van der Waals surface area (Å²) in [5.74, 6) is 1.18. The summed E-state index contributed by atoms with van der Waals surface area (Å²) in [5, 5.41) is 6.11. The van der Waals surface area contributed by atoms with Gasteiger partial charge in [-0.05, 0) is 44.0 Å². The molecule has 0 radical (unpaired) electrons. The van der Waals surface area contributed by atoms with E-state index in [9.17, 15) is 4.79 Å². The van der Waals surface area contributed by atoms with E-state index >= 15 is 0 Å². The molecule has 0 fully saturated rings. The van der Waals surface area contributed by atoms with Gasteiger partial charge in [0.05, 0.1) is 26.4 Å². The smallest absolute Gasteiger partial charge is 0.251 e. The van der Waals surface area contributed by atoms with E-state index in [1.54, 1.807) is 33.7 Å². The molecule has 0 heterocycles. The van der Waals surface area contributed by atoms with Crippen LogP contribution in [-0.4, -0.2) is 74.9 Å². The maximum Gasteiger partial charge on any atom is 0.251 e. The highest BCUT2D eigenvalue weighted by Gasteiger charge is 2.30. The number of benzene rings is 1. The number of nitrogens with one attached hydrogen (secondary N) is 2. The molecule has 1 amide bonds. The second kappa shape index (κ2) is 18.3. The average molecular weight is 545 g/mol. The third-order valence-corrected chi connectivity index (χ3v) is 8.73. The van der Waals surface area contributed by atoms with Crippen molar-refractivity contribution in [3.63, 3.8) is 0 Å². The summed E-state index contributed by atoms with van der Waals surface area (Å²) in [4.78, 5) is 11.9. The molecular weight excluding hydrogens is 496 g/mol. The molecular formula is C27H48N2O5S2. The van der Waals surface area contributed by atoms with Crippen molar-refractivity contribution < 1.29 is 23.7 Å². The molecule has 1 rings (SSSR count). The van der Waals surface area contributed by atoms with Gasteiger partial charge >= 0.3 is 0 Å². The Morgan fingerprint density at radius 1 is 0.972 bits per heavy atom. The number of amides is 1. The van der Waals surface area contributed by atoms with E-state index in [4.69, 9.17) is 18.9 Å². The molecule has 1 aromatic carbocycles. The van der Waals surface area contributed by atoms with Gasteiger partial charge in [0.2, 0.25) is 0 Å². The van der Waals surface area contributed by atoms with Gasteiger partial charge in [-0.2, -0.15) is 0 Å². The average Bonchev–Trinajstić information content (AvgIpc) is 2.83. The van der Waals surface area contributed by atoms with Crippen LogP contribution in [0.5, 0.6) is 5.75 Å². The number of rotatable bonds is 20. The Kier molecular flexibility index (Phi) is 16.8. The Hall–Kier alpha value is -0.970. The summed E-state index contributed by atoms with van der Waals surface area (Å²) in [6, 6.07) is 7.26. The van der Waals surface area contributed by atoms with Gasteiger partial charge in [0, 0.05) is 30.0 Å². The molecule has 0 aliphatic carbocycles. The van der Waals surface area contributed by atoms with Gasteiger partial charge in [-0.25, -0.2) is 0 Å². The summed E-state index contributed by atoms with van der Waals surface area (Å²) in [7, 11) is 3.41. The van der Waals surface area contributed by atoms with Crippen LogP contribution in [0.4, 0.5) is 0 Å². The molecule has 9 heteroatoms. The van der Waals surface area contributed by atoms with E-state index in [0.717, 1.165) is 26.1 Å². The molecule has 0 saturated carbocycles. The lowest BCUT2D eigenvalue weighted by molar-refractivity contribution is -0.0333. The topological polar surface area (TPSA) is 78.1 Å². The van der Waals surface area contributed by atoms with Crippen LogP contribution in [0.25, 0.3) is 0 Å². The van der Waals surface area contributed by atoms with Gasteiger partial charge in [-0.3, -0.25) is 4.79 Å². The number of hydrogen-bond donors (Lipinski definition) is 2. The van der Waals surface area contributed by atoms with Crippen molar-refractivity contribution in [2.24, 2.45) is 5.92 Å². The van der Waals surface area contributed by atoms with Crippen LogP contribution in [-0.2, 0) is 14.2 Å². The van der Waals surface area contributed by atoms with E-state index in [1.165, 1.54) is 0 Å². The highest BCUT2D eigenvalue weighted by Crippen LogP contribution is 2.44.